The number of para-hydroxylation sites is 2. The third-order valence-corrected chi connectivity index (χ3v) is 6.13. The summed E-state index contributed by atoms with van der Waals surface area (Å²) in [4.78, 5) is 24.8. The molecule has 0 aliphatic heterocycles. The van der Waals surface area contributed by atoms with Crippen molar-refractivity contribution in [3.8, 4) is 0 Å². The van der Waals surface area contributed by atoms with Crippen molar-refractivity contribution in [1.29, 1.82) is 0 Å². The largest absolute Gasteiger partial charge is 0.351 e. The predicted octanol–water partition coefficient (Wildman–Crippen LogP) is 3.31. The van der Waals surface area contributed by atoms with Crippen LogP contribution in [0.1, 0.15) is 16.1 Å². The zero-order valence-electron chi connectivity index (χ0n) is 15.3. The Kier molecular flexibility index (Phi) is 6.63. The molecule has 0 fully saturated rings. The second kappa shape index (κ2) is 9.35. The summed E-state index contributed by atoms with van der Waals surface area (Å²) in [5, 5.41) is 7.15. The lowest BCUT2D eigenvalue weighted by molar-refractivity contribution is -0.116. The van der Waals surface area contributed by atoms with Crippen molar-refractivity contribution in [2.75, 3.05) is 16.6 Å². The van der Waals surface area contributed by atoms with E-state index in [2.05, 4.69) is 15.4 Å². The summed E-state index contributed by atoms with van der Waals surface area (Å²) in [6.07, 6.45) is 0.0525. The standard InChI is InChI=1S/C20H19N3O4S2/c24-19(12-13-21-20(25)18-11-6-14-28-18)22-16-9-4-5-10-17(16)23-29(26,27)15-7-2-1-3-8-15/h1-11,14,23H,12-13H2,(H,21,25)(H,22,24). The maximum absolute atomic E-state index is 12.5. The molecule has 0 unspecified atom stereocenters. The van der Waals surface area contributed by atoms with Gasteiger partial charge in [0.25, 0.3) is 15.9 Å². The van der Waals surface area contributed by atoms with Crippen molar-refractivity contribution < 1.29 is 18.0 Å². The van der Waals surface area contributed by atoms with Gasteiger partial charge in [0, 0.05) is 13.0 Å². The molecular formula is C20H19N3O4S2. The highest BCUT2D eigenvalue weighted by atomic mass is 32.2. The Balaban J connectivity index is 1.60. The van der Waals surface area contributed by atoms with Crippen LogP contribution in [0, 0.1) is 0 Å². The fourth-order valence-electron chi connectivity index (χ4n) is 2.48. The van der Waals surface area contributed by atoms with Gasteiger partial charge in [-0.3, -0.25) is 14.3 Å². The first-order chi connectivity index (χ1) is 14.0. The van der Waals surface area contributed by atoms with Crippen LogP contribution in [0.25, 0.3) is 0 Å². The molecule has 0 bridgehead atoms. The number of hydrogen-bond donors (Lipinski definition) is 3. The van der Waals surface area contributed by atoms with E-state index >= 15 is 0 Å². The van der Waals surface area contributed by atoms with Gasteiger partial charge >= 0.3 is 0 Å². The minimum Gasteiger partial charge on any atom is -0.351 e. The number of thiophene rings is 1. The van der Waals surface area contributed by atoms with Gasteiger partial charge in [-0.2, -0.15) is 0 Å². The number of benzene rings is 2. The number of anilines is 2. The lowest BCUT2D eigenvalue weighted by Gasteiger charge is -2.13. The minimum atomic E-state index is -3.78. The number of nitrogens with one attached hydrogen (secondary N) is 3. The highest BCUT2D eigenvalue weighted by molar-refractivity contribution is 7.92. The highest BCUT2D eigenvalue weighted by Crippen LogP contribution is 2.24. The maximum atomic E-state index is 12.5. The zero-order valence-corrected chi connectivity index (χ0v) is 16.9. The van der Waals surface area contributed by atoms with Gasteiger partial charge in [0.05, 0.1) is 21.1 Å². The molecular weight excluding hydrogens is 410 g/mol. The third kappa shape index (κ3) is 5.66. The summed E-state index contributed by atoms with van der Waals surface area (Å²) in [6, 6.07) is 18.0. The molecule has 0 aliphatic carbocycles. The van der Waals surface area contributed by atoms with Crippen LogP contribution in [0.5, 0.6) is 0 Å². The van der Waals surface area contributed by atoms with E-state index in [0.29, 0.717) is 10.6 Å². The fraction of sp³-hybridized carbons (Fsp3) is 0.100. The van der Waals surface area contributed by atoms with Gasteiger partial charge in [0.2, 0.25) is 5.91 Å². The van der Waals surface area contributed by atoms with Crippen LogP contribution >= 0.6 is 11.3 Å². The van der Waals surface area contributed by atoms with Crippen LogP contribution in [0.3, 0.4) is 0 Å². The van der Waals surface area contributed by atoms with Crippen molar-refractivity contribution in [2.24, 2.45) is 0 Å². The molecule has 29 heavy (non-hydrogen) atoms. The van der Waals surface area contributed by atoms with Crippen molar-refractivity contribution in [3.05, 3.63) is 77.0 Å². The van der Waals surface area contributed by atoms with Gasteiger partial charge < -0.3 is 10.6 Å². The molecule has 3 N–H and O–H groups in total. The summed E-state index contributed by atoms with van der Waals surface area (Å²) in [5.41, 5.74) is 0.592. The molecule has 0 saturated heterocycles. The van der Waals surface area contributed by atoms with E-state index in [1.165, 1.54) is 23.5 Å². The molecule has 9 heteroatoms. The normalized spacial score (nSPS) is 10.9. The Morgan fingerprint density at radius 3 is 2.24 bits per heavy atom. The third-order valence-electron chi connectivity index (χ3n) is 3.88. The lowest BCUT2D eigenvalue weighted by atomic mass is 10.2. The number of carbonyl (C=O) groups is 2. The number of amides is 2. The van der Waals surface area contributed by atoms with Gasteiger partial charge in [0.1, 0.15) is 0 Å². The summed E-state index contributed by atoms with van der Waals surface area (Å²) in [6.45, 7) is 0.167. The molecule has 2 amide bonds. The average Bonchev–Trinajstić information content (AvgIpc) is 3.25. The van der Waals surface area contributed by atoms with Crippen LogP contribution in [0.4, 0.5) is 11.4 Å². The van der Waals surface area contributed by atoms with Gasteiger partial charge in [-0.25, -0.2) is 8.42 Å². The first-order valence-corrected chi connectivity index (χ1v) is 11.1. The van der Waals surface area contributed by atoms with Crippen LogP contribution in [0.2, 0.25) is 0 Å². The van der Waals surface area contributed by atoms with Crippen LogP contribution in [-0.4, -0.2) is 26.8 Å². The zero-order chi connectivity index (χ0) is 20.7. The van der Waals surface area contributed by atoms with E-state index in [0.717, 1.165) is 0 Å². The molecule has 1 heterocycles. The summed E-state index contributed by atoms with van der Waals surface area (Å²) in [5.74, 6) is -0.577. The SMILES string of the molecule is O=C(CCNC(=O)c1cccs1)Nc1ccccc1NS(=O)(=O)c1ccccc1. The molecule has 150 valence electrons. The molecule has 1 aromatic heterocycles. The van der Waals surface area contributed by atoms with Gasteiger partial charge in [0.15, 0.2) is 0 Å². The predicted molar refractivity (Wildman–Crippen MR) is 114 cm³/mol. The molecule has 2 aromatic carbocycles. The molecule has 3 aromatic rings. The first-order valence-electron chi connectivity index (χ1n) is 8.74. The number of hydrogen-bond acceptors (Lipinski definition) is 5. The summed E-state index contributed by atoms with van der Waals surface area (Å²) < 4.78 is 27.5. The lowest BCUT2D eigenvalue weighted by Crippen LogP contribution is -2.27. The average molecular weight is 430 g/mol. The molecule has 7 nitrogen and oxygen atoms in total. The van der Waals surface area contributed by atoms with Crippen LogP contribution in [-0.2, 0) is 14.8 Å². The van der Waals surface area contributed by atoms with Crippen LogP contribution < -0.4 is 15.4 Å². The Hall–Kier alpha value is -3.17. The number of sulfonamides is 1. The van der Waals surface area contributed by atoms with Gasteiger partial charge in [-0.1, -0.05) is 36.4 Å². The topological polar surface area (TPSA) is 104 Å². The van der Waals surface area contributed by atoms with E-state index in [9.17, 15) is 18.0 Å². The van der Waals surface area contributed by atoms with E-state index in [-0.39, 0.29) is 35.4 Å². The Labute approximate surface area is 172 Å². The second-order valence-electron chi connectivity index (χ2n) is 6.00. The minimum absolute atomic E-state index is 0.0525. The van der Waals surface area contributed by atoms with E-state index in [1.807, 2.05) is 0 Å². The number of rotatable bonds is 8. The Morgan fingerprint density at radius 2 is 1.55 bits per heavy atom. The van der Waals surface area contributed by atoms with Gasteiger partial charge in [-0.05, 0) is 35.7 Å². The van der Waals surface area contributed by atoms with E-state index < -0.39 is 10.0 Å². The molecule has 0 radical (unpaired) electrons. The quantitative estimate of drug-likeness (QED) is 0.511. The number of carbonyl (C=O) groups excluding carboxylic acids is 2. The molecule has 0 saturated carbocycles. The van der Waals surface area contributed by atoms with Crippen molar-refractivity contribution in [2.45, 2.75) is 11.3 Å². The summed E-state index contributed by atoms with van der Waals surface area (Å²) in [7, 11) is -3.78. The Morgan fingerprint density at radius 1 is 0.862 bits per heavy atom. The summed E-state index contributed by atoms with van der Waals surface area (Å²) >= 11 is 1.32. The van der Waals surface area contributed by atoms with Crippen molar-refractivity contribution >= 4 is 44.5 Å². The van der Waals surface area contributed by atoms with E-state index in [4.69, 9.17) is 0 Å². The Bertz CT molecular complexity index is 1080. The molecule has 0 atom stereocenters. The molecule has 0 aliphatic rings. The van der Waals surface area contributed by atoms with Crippen LogP contribution in [0.15, 0.2) is 77.0 Å². The first kappa shape index (κ1) is 20.6. The maximum Gasteiger partial charge on any atom is 0.261 e. The van der Waals surface area contributed by atoms with Crippen molar-refractivity contribution in [3.63, 3.8) is 0 Å². The highest BCUT2D eigenvalue weighted by Gasteiger charge is 2.16. The van der Waals surface area contributed by atoms with E-state index in [1.54, 1.807) is 60.0 Å². The van der Waals surface area contributed by atoms with Crippen molar-refractivity contribution in [1.82, 2.24) is 5.32 Å². The van der Waals surface area contributed by atoms with Gasteiger partial charge in [-0.15, -0.1) is 11.3 Å². The fourth-order valence-corrected chi connectivity index (χ4v) is 4.22. The molecule has 3 rings (SSSR count). The smallest absolute Gasteiger partial charge is 0.261 e. The molecule has 0 spiro atoms. The second-order valence-corrected chi connectivity index (χ2v) is 8.63. The monoisotopic (exact) mass is 429 g/mol.